The van der Waals surface area contributed by atoms with Crippen molar-refractivity contribution in [3.05, 3.63) is 53.1 Å². The van der Waals surface area contributed by atoms with Crippen LogP contribution in [0, 0.1) is 0 Å². The summed E-state index contributed by atoms with van der Waals surface area (Å²) in [5.74, 6) is 0.591. The van der Waals surface area contributed by atoms with Crippen molar-refractivity contribution in [3.8, 4) is 0 Å². The normalized spacial score (nSPS) is 10.3. The third-order valence-electron chi connectivity index (χ3n) is 3.36. The Labute approximate surface area is 125 Å². The third kappa shape index (κ3) is 5.64. The fourth-order valence-corrected chi connectivity index (χ4v) is 1.94. The standard InChI is InChI=1S/C19H29N/c1-15(2)11-13-20(14-12-16(3)4)19-9-7-18(8-10-19)17(5)6/h7-12,17H,13-14H2,1-6H3. The lowest BCUT2D eigenvalue weighted by Gasteiger charge is -2.23. The maximum atomic E-state index is 2.41. The zero-order valence-corrected chi connectivity index (χ0v) is 13.9. The Bertz CT molecular complexity index is 435. The molecule has 20 heavy (non-hydrogen) atoms. The minimum Gasteiger partial charge on any atom is -0.364 e. The Morgan fingerprint density at radius 1 is 0.900 bits per heavy atom. The molecule has 0 unspecified atom stereocenters. The molecule has 0 heterocycles. The van der Waals surface area contributed by atoms with Gasteiger partial charge in [0, 0.05) is 18.8 Å². The van der Waals surface area contributed by atoms with Crippen LogP contribution in [0.3, 0.4) is 0 Å². The summed E-state index contributed by atoms with van der Waals surface area (Å²) in [6.45, 7) is 15.0. The molecule has 0 saturated heterocycles. The first kappa shape index (κ1) is 16.6. The third-order valence-corrected chi connectivity index (χ3v) is 3.36. The molecule has 1 aromatic carbocycles. The van der Waals surface area contributed by atoms with Gasteiger partial charge in [0.25, 0.3) is 0 Å². The highest BCUT2D eigenvalue weighted by Crippen LogP contribution is 2.20. The van der Waals surface area contributed by atoms with E-state index in [4.69, 9.17) is 0 Å². The lowest BCUT2D eigenvalue weighted by molar-refractivity contribution is 0.864. The van der Waals surface area contributed by atoms with E-state index < -0.39 is 0 Å². The van der Waals surface area contributed by atoms with Crippen LogP contribution >= 0.6 is 0 Å². The summed E-state index contributed by atoms with van der Waals surface area (Å²) in [6.07, 6.45) is 4.57. The summed E-state index contributed by atoms with van der Waals surface area (Å²) in [7, 11) is 0. The quantitative estimate of drug-likeness (QED) is 0.613. The van der Waals surface area contributed by atoms with Crippen LogP contribution in [0.2, 0.25) is 0 Å². The molecule has 0 spiro atoms. The smallest absolute Gasteiger partial charge is 0.0372 e. The minimum absolute atomic E-state index is 0.591. The molecule has 0 amide bonds. The maximum absolute atomic E-state index is 2.41. The van der Waals surface area contributed by atoms with Crippen LogP contribution in [0.5, 0.6) is 0 Å². The Kier molecular flexibility index (Phi) is 6.57. The molecule has 0 N–H and O–H groups in total. The van der Waals surface area contributed by atoms with Gasteiger partial charge in [-0.05, 0) is 51.3 Å². The van der Waals surface area contributed by atoms with Crippen molar-refractivity contribution in [2.24, 2.45) is 0 Å². The predicted octanol–water partition coefficient (Wildman–Crippen LogP) is 5.55. The van der Waals surface area contributed by atoms with Crippen molar-refractivity contribution < 1.29 is 0 Å². The molecule has 1 nitrogen and oxygen atoms in total. The van der Waals surface area contributed by atoms with Crippen molar-refractivity contribution in [3.63, 3.8) is 0 Å². The summed E-state index contributed by atoms with van der Waals surface area (Å²) in [5, 5.41) is 0. The van der Waals surface area contributed by atoms with E-state index in [0.717, 1.165) is 13.1 Å². The first-order chi connectivity index (χ1) is 9.40. The molecule has 1 heteroatoms. The number of rotatable bonds is 6. The highest BCUT2D eigenvalue weighted by molar-refractivity contribution is 5.49. The van der Waals surface area contributed by atoms with E-state index in [1.165, 1.54) is 22.4 Å². The molecular weight excluding hydrogens is 242 g/mol. The molecule has 0 aromatic heterocycles. The summed E-state index contributed by atoms with van der Waals surface area (Å²) in [6, 6.07) is 8.98. The van der Waals surface area contributed by atoms with Crippen LogP contribution in [0.1, 0.15) is 53.0 Å². The zero-order chi connectivity index (χ0) is 15.1. The number of anilines is 1. The summed E-state index contributed by atoms with van der Waals surface area (Å²) >= 11 is 0. The van der Waals surface area contributed by atoms with Crippen LogP contribution < -0.4 is 4.90 Å². The molecular formula is C19H29N. The molecule has 1 rings (SSSR count). The molecule has 110 valence electrons. The maximum Gasteiger partial charge on any atom is 0.0372 e. The lowest BCUT2D eigenvalue weighted by Crippen LogP contribution is -2.23. The van der Waals surface area contributed by atoms with E-state index in [1.807, 2.05) is 0 Å². The Morgan fingerprint density at radius 3 is 1.70 bits per heavy atom. The van der Waals surface area contributed by atoms with Gasteiger partial charge in [0.05, 0.1) is 0 Å². The average molecular weight is 271 g/mol. The van der Waals surface area contributed by atoms with Gasteiger partial charge in [0.15, 0.2) is 0 Å². The van der Waals surface area contributed by atoms with Crippen molar-refractivity contribution >= 4 is 5.69 Å². The van der Waals surface area contributed by atoms with Crippen LogP contribution in [0.25, 0.3) is 0 Å². The number of benzene rings is 1. The molecule has 0 saturated carbocycles. The second-order valence-electron chi connectivity index (χ2n) is 6.21. The first-order valence-electron chi connectivity index (χ1n) is 7.51. The van der Waals surface area contributed by atoms with E-state index in [9.17, 15) is 0 Å². The largest absolute Gasteiger partial charge is 0.364 e. The number of hydrogen-bond donors (Lipinski definition) is 0. The molecule has 0 radical (unpaired) electrons. The molecule has 0 aliphatic rings. The van der Waals surface area contributed by atoms with E-state index in [-0.39, 0.29) is 0 Å². The monoisotopic (exact) mass is 271 g/mol. The lowest BCUT2D eigenvalue weighted by atomic mass is 10.0. The van der Waals surface area contributed by atoms with Gasteiger partial charge in [0.1, 0.15) is 0 Å². The van der Waals surface area contributed by atoms with Crippen LogP contribution in [0.15, 0.2) is 47.6 Å². The SMILES string of the molecule is CC(C)=CCN(CC=C(C)C)c1ccc(C(C)C)cc1. The summed E-state index contributed by atoms with van der Waals surface area (Å²) < 4.78 is 0. The minimum atomic E-state index is 0.591. The Morgan fingerprint density at radius 2 is 1.35 bits per heavy atom. The molecule has 1 aromatic rings. The van der Waals surface area contributed by atoms with Gasteiger partial charge in [0.2, 0.25) is 0 Å². The predicted molar refractivity (Wildman–Crippen MR) is 91.6 cm³/mol. The van der Waals surface area contributed by atoms with Gasteiger partial charge in [-0.25, -0.2) is 0 Å². The van der Waals surface area contributed by atoms with Crippen LogP contribution in [0.4, 0.5) is 5.69 Å². The molecule has 0 atom stereocenters. The topological polar surface area (TPSA) is 3.24 Å². The fraction of sp³-hybridized carbons (Fsp3) is 0.474. The van der Waals surface area contributed by atoms with Gasteiger partial charge >= 0.3 is 0 Å². The first-order valence-corrected chi connectivity index (χ1v) is 7.51. The molecule has 0 aliphatic carbocycles. The van der Waals surface area contributed by atoms with Gasteiger partial charge in [-0.2, -0.15) is 0 Å². The highest BCUT2D eigenvalue weighted by atomic mass is 15.1. The van der Waals surface area contributed by atoms with Gasteiger partial charge in [-0.15, -0.1) is 0 Å². The van der Waals surface area contributed by atoms with E-state index in [0.29, 0.717) is 5.92 Å². The van der Waals surface area contributed by atoms with Gasteiger partial charge in [-0.1, -0.05) is 49.3 Å². The molecule has 0 fully saturated rings. The van der Waals surface area contributed by atoms with Crippen LogP contribution in [-0.4, -0.2) is 13.1 Å². The van der Waals surface area contributed by atoms with E-state index in [1.54, 1.807) is 0 Å². The van der Waals surface area contributed by atoms with Crippen molar-refractivity contribution in [1.82, 2.24) is 0 Å². The van der Waals surface area contributed by atoms with Gasteiger partial charge < -0.3 is 4.90 Å². The number of nitrogens with zero attached hydrogens (tertiary/aromatic N) is 1. The van der Waals surface area contributed by atoms with Crippen molar-refractivity contribution in [1.29, 1.82) is 0 Å². The summed E-state index contributed by atoms with van der Waals surface area (Å²) in [5.41, 5.74) is 5.43. The van der Waals surface area contributed by atoms with Crippen molar-refractivity contribution in [2.75, 3.05) is 18.0 Å². The second-order valence-corrected chi connectivity index (χ2v) is 6.21. The summed E-state index contributed by atoms with van der Waals surface area (Å²) in [4.78, 5) is 2.41. The van der Waals surface area contributed by atoms with E-state index >= 15 is 0 Å². The van der Waals surface area contributed by atoms with Gasteiger partial charge in [-0.3, -0.25) is 0 Å². The average Bonchev–Trinajstić information content (AvgIpc) is 2.38. The second kappa shape index (κ2) is 7.94. The molecule has 0 bridgehead atoms. The van der Waals surface area contributed by atoms with Crippen LogP contribution in [-0.2, 0) is 0 Å². The molecule has 0 aliphatic heterocycles. The zero-order valence-electron chi connectivity index (χ0n) is 13.9. The van der Waals surface area contributed by atoms with Crippen molar-refractivity contribution in [2.45, 2.75) is 47.5 Å². The number of hydrogen-bond acceptors (Lipinski definition) is 1. The highest BCUT2D eigenvalue weighted by Gasteiger charge is 2.05. The fourth-order valence-electron chi connectivity index (χ4n) is 1.94. The Hall–Kier alpha value is -1.50. The van der Waals surface area contributed by atoms with E-state index in [2.05, 4.69) is 82.9 Å². The Balaban J connectivity index is 2.90. The number of allylic oxidation sites excluding steroid dienone is 2.